The van der Waals surface area contributed by atoms with Gasteiger partial charge in [0.1, 0.15) is 11.5 Å². The summed E-state index contributed by atoms with van der Waals surface area (Å²) in [6.45, 7) is 0. The third kappa shape index (κ3) is 9.17. The van der Waals surface area contributed by atoms with E-state index in [1.54, 1.807) is 19.3 Å². The zero-order valence-corrected chi connectivity index (χ0v) is 28.2. The van der Waals surface area contributed by atoms with Crippen molar-refractivity contribution in [2.75, 3.05) is 0 Å². The van der Waals surface area contributed by atoms with Gasteiger partial charge in [0.05, 0.1) is 29.4 Å². The molecule has 0 unspecified atom stereocenters. The van der Waals surface area contributed by atoms with Crippen LogP contribution >= 0.6 is 0 Å². The van der Waals surface area contributed by atoms with Crippen molar-refractivity contribution in [2.24, 2.45) is 23.4 Å². The Balaban J connectivity index is 0.000000261. The molecule has 0 bridgehead atoms. The smallest absolute Gasteiger partial charge is 0.253 e. The molecular weight excluding hydrogens is 737 g/mol. The Kier molecular flexibility index (Phi) is 12.1. The van der Waals surface area contributed by atoms with Crippen LogP contribution < -0.4 is 47.4 Å². The molecule has 0 heterocycles. The van der Waals surface area contributed by atoms with Gasteiger partial charge in [-0.25, -0.2) is 42.1 Å². The first-order chi connectivity index (χ1) is 22.3. The van der Waals surface area contributed by atoms with Crippen molar-refractivity contribution in [3.8, 4) is 11.5 Å². The van der Waals surface area contributed by atoms with Gasteiger partial charge in [0.25, 0.3) is 40.1 Å². The number of hydrazine groups is 4. The number of rotatable bonds is 12. The second kappa shape index (κ2) is 15.1. The second-order valence-electron chi connectivity index (χ2n) is 8.98. The molecule has 12 N–H and O–H groups in total. The molecule has 24 heteroatoms. The fourth-order valence-corrected chi connectivity index (χ4v) is 7.65. The van der Waals surface area contributed by atoms with Gasteiger partial charge in [-0.1, -0.05) is 12.1 Å². The molecule has 0 aliphatic carbocycles. The van der Waals surface area contributed by atoms with Crippen molar-refractivity contribution in [1.29, 1.82) is 0 Å². The maximum atomic E-state index is 12.7. The summed E-state index contributed by atoms with van der Waals surface area (Å²) < 4.78 is 124. The maximum absolute atomic E-state index is 12.7. The first-order valence-electron chi connectivity index (χ1n) is 12.6. The molecule has 0 aromatic heterocycles. The number of hydrogen-bond donors (Lipinski definition) is 8. The maximum Gasteiger partial charge on any atom is 0.253 e. The summed E-state index contributed by atoms with van der Waals surface area (Å²) in [7, 11) is -19.8. The fourth-order valence-electron chi connectivity index (χ4n) is 3.54. The van der Waals surface area contributed by atoms with Crippen LogP contribution in [-0.4, -0.2) is 42.1 Å². The zero-order valence-electron chi connectivity index (χ0n) is 24.1. The number of benzene rings is 4. The number of sulfonamides is 4. The molecule has 19 nitrogen and oxygen atoms in total. The van der Waals surface area contributed by atoms with Crippen molar-refractivity contribution >= 4 is 49.9 Å². The largest absolute Gasteiger partial charge is 0.457 e. The quantitative estimate of drug-likeness (QED) is 0.0608. The second-order valence-corrected chi connectivity index (χ2v) is 17.8. The molecule has 48 heavy (non-hydrogen) atoms. The van der Waals surface area contributed by atoms with E-state index in [0.29, 0.717) is 11.5 Å². The van der Waals surface area contributed by atoms with Crippen LogP contribution in [0.2, 0.25) is 0 Å². The van der Waals surface area contributed by atoms with Crippen molar-refractivity contribution in [1.82, 2.24) is 19.3 Å². The van der Waals surface area contributed by atoms with Gasteiger partial charge in [-0.2, -0.15) is 19.3 Å². The summed E-state index contributed by atoms with van der Waals surface area (Å²) >= 11 is 0. The summed E-state index contributed by atoms with van der Waals surface area (Å²) in [5.74, 6) is 20.4. The molecule has 4 aromatic rings. The molecule has 0 amide bonds. The fraction of sp³-hybridized carbons (Fsp3) is 0. The van der Waals surface area contributed by atoms with E-state index in [-0.39, 0.29) is 29.4 Å². The lowest BCUT2D eigenvalue weighted by atomic mass is 10.3. The molecule has 0 spiro atoms. The summed E-state index contributed by atoms with van der Waals surface area (Å²) in [6.07, 6.45) is 0. The Bertz CT molecular complexity index is 2160. The summed E-state index contributed by atoms with van der Waals surface area (Å²) in [5, 5.41) is 0. The number of sulfone groups is 1. The van der Waals surface area contributed by atoms with Crippen molar-refractivity contribution in [3.05, 3.63) is 97.1 Å². The Morgan fingerprint density at radius 1 is 0.375 bits per heavy atom. The van der Waals surface area contributed by atoms with Gasteiger partial charge in [0, 0.05) is 0 Å². The minimum Gasteiger partial charge on any atom is -0.457 e. The molecule has 0 atom stereocenters. The highest BCUT2D eigenvalue weighted by molar-refractivity contribution is 7.92. The van der Waals surface area contributed by atoms with Crippen LogP contribution in [0.15, 0.2) is 126 Å². The molecule has 0 aliphatic rings. The van der Waals surface area contributed by atoms with Gasteiger partial charge in [0.15, 0.2) is 0 Å². The van der Waals surface area contributed by atoms with Crippen molar-refractivity contribution < 1.29 is 46.8 Å². The Morgan fingerprint density at radius 2 is 0.646 bits per heavy atom. The van der Waals surface area contributed by atoms with E-state index in [0.717, 1.165) is 24.3 Å². The van der Waals surface area contributed by atoms with E-state index in [2.05, 4.69) is 0 Å². The van der Waals surface area contributed by atoms with E-state index in [9.17, 15) is 42.1 Å². The highest BCUT2D eigenvalue weighted by atomic mass is 32.2. The SMILES string of the molecule is NNS(=O)(=O)c1ccc(Oc2ccc(S(=O)(=O)NN)cc2)cc1.NNS(=O)(=O)c1cccc(S(=O)(=O)c2cccc(S(=O)(=O)NN)c2)c1. The monoisotopic (exact) mass is 764 g/mol. The van der Waals surface area contributed by atoms with Crippen LogP contribution in [0.4, 0.5) is 0 Å². The van der Waals surface area contributed by atoms with Gasteiger partial charge in [-0.05, 0) is 84.9 Å². The number of hydrogen-bond acceptors (Lipinski definition) is 15. The number of ether oxygens (including phenoxy) is 1. The van der Waals surface area contributed by atoms with Gasteiger partial charge >= 0.3 is 0 Å². The lowest BCUT2D eigenvalue weighted by Gasteiger charge is -2.09. The summed E-state index contributed by atoms with van der Waals surface area (Å²) in [6, 6.07) is 20.0. The minimum atomic E-state index is -4.19. The zero-order chi connectivity index (χ0) is 36.0. The van der Waals surface area contributed by atoms with Gasteiger partial charge < -0.3 is 4.74 Å². The van der Waals surface area contributed by atoms with Crippen molar-refractivity contribution in [2.45, 2.75) is 29.4 Å². The van der Waals surface area contributed by atoms with Crippen LogP contribution in [0, 0.1) is 0 Å². The minimum absolute atomic E-state index is 0.0113. The predicted molar refractivity (Wildman–Crippen MR) is 169 cm³/mol. The highest BCUT2D eigenvalue weighted by Gasteiger charge is 2.23. The lowest BCUT2D eigenvalue weighted by Crippen LogP contribution is -2.30. The number of nitrogens with one attached hydrogen (secondary N) is 4. The first-order valence-corrected chi connectivity index (χ1v) is 20.0. The third-order valence-corrected chi connectivity index (χ3v) is 12.5. The average Bonchev–Trinajstić information content (AvgIpc) is 3.09. The molecule has 0 saturated heterocycles. The highest BCUT2D eigenvalue weighted by Crippen LogP contribution is 2.26. The molecule has 4 rings (SSSR count). The van der Waals surface area contributed by atoms with Crippen LogP contribution in [-0.2, 0) is 49.9 Å². The van der Waals surface area contributed by atoms with Gasteiger partial charge in [-0.3, -0.25) is 23.4 Å². The Morgan fingerprint density at radius 3 is 0.938 bits per heavy atom. The standard InChI is InChI=1S/C12H14N4O6S3.C12H14N4O5S2/c13-15-24(19,20)11-5-1-3-9(7-11)23(17,18)10-4-2-6-12(8-10)25(21,22)16-14;13-15-22(17,18)11-5-1-9(2-6-11)21-10-3-7-12(8-4-10)23(19,20)16-14/h1-8,15-16H,13-14H2;1-8,15-16H,13-14H2. The Labute approximate surface area is 276 Å². The average molecular weight is 765 g/mol. The van der Waals surface area contributed by atoms with Crippen LogP contribution in [0.1, 0.15) is 0 Å². The molecule has 0 saturated carbocycles. The lowest BCUT2D eigenvalue weighted by molar-refractivity contribution is 0.481. The van der Waals surface area contributed by atoms with Gasteiger partial charge in [0.2, 0.25) is 9.84 Å². The van der Waals surface area contributed by atoms with E-state index in [1.807, 2.05) is 0 Å². The summed E-state index contributed by atoms with van der Waals surface area (Å²) in [5.41, 5.74) is 0. The molecule has 4 aromatic carbocycles. The molecule has 0 fully saturated rings. The molecule has 0 aliphatic heterocycles. The van der Waals surface area contributed by atoms with E-state index in [4.69, 9.17) is 28.1 Å². The molecule has 260 valence electrons. The van der Waals surface area contributed by atoms with Crippen LogP contribution in [0.3, 0.4) is 0 Å². The molecular formula is C24H28N8O11S5. The normalized spacial score (nSPS) is 12.5. The van der Waals surface area contributed by atoms with E-state index >= 15 is 0 Å². The van der Waals surface area contributed by atoms with Gasteiger partial charge in [-0.15, -0.1) is 0 Å². The van der Waals surface area contributed by atoms with Crippen LogP contribution in [0.25, 0.3) is 0 Å². The van der Waals surface area contributed by atoms with E-state index in [1.165, 1.54) is 72.8 Å². The first kappa shape index (κ1) is 38.6. The molecule has 0 radical (unpaired) electrons. The third-order valence-electron chi connectivity index (χ3n) is 5.98. The van der Waals surface area contributed by atoms with E-state index < -0.39 is 49.9 Å². The predicted octanol–water partition coefficient (Wildman–Crippen LogP) is -1.39. The van der Waals surface area contributed by atoms with Crippen molar-refractivity contribution in [3.63, 3.8) is 0 Å². The topological polar surface area (TPSA) is 332 Å². The number of nitrogens with two attached hydrogens (primary N) is 4. The Hall–Kier alpha value is -3.89. The van der Waals surface area contributed by atoms with Crippen LogP contribution in [0.5, 0.6) is 11.5 Å². The summed E-state index contributed by atoms with van der Waals surface area (Å²) in [4.78, 5) is 5.16.